The van der Waals surface area contributed by atoms with Crippen molar-refractivity contribution in [1.29, 1.82) is 0 Å². The summed E-state index contributed by atoms with van der Waals surface area (Å²) in [6.45, 7) is 3.05. The Morgan fingerprint density at radius 3 is 2.57 bits per heavy atom. The second kappa shape index (κ2) is 8.97. The van der Waals surface area contributed by atoms with E-state index in [1.807, 2.05) is 42.3 Å². The van der Waals surface area contributed by atoms with Gasteiger partial charge in [0.25, 0.3) is 0 Å². The van der Waals surface area contributed by atoms with Crippen molar-refractivity contribution in [3.63, 3.8) is 0 Å². The summed E-state index contributed by atoms with van der Waals surface area (Å²) in [6.07, 6.45) is 0.795. The first-order valence-electron chi connectivity index (χ1n) is 6.95. The highest BCUT2D eigenvalue weighted by Crippen LogP contribution is 2.08. The van der Waals surface area contributed by atoms with Crippen molar-refractivity contribution in [1.82, 2.24) is 15.5 Å². The lowest BCUT2D eigenvalue weighted by atomic mass is 10.2. The molecule has 0 spiro atoms. The van der Waals surface area contributed by atoms with E-state index in [0.29, 0.717) is 13.2 Å². The number of carbonyl (C=O) groups excluding carboxylic acids is 2. The first-order chi connectivity index (χ1) is 10.0. The molecule has 0 aliphatic carbocycles. The lowest BCUT2D eigenvalue weighted by Crippen LogP contribution is -2.48. The number of ether oxygens (including phenoxy) is 1. The van der Waals surface area contributed by atoms with Gasteiger partial charge in [0, 0.05) is 13.6 Å². The standard InChI is InChI=1S/C15H23N3O3/c1-12(14(19)17-15(20)16-2)18(3)10-7-11-21-13-8-5-4-6-9-13/h4-6,8-9,12H,7,10-11H2,1-3H3,(H2,16,17,19,20)/t12-/m1/s1. The highest BCUT2D eigenvalue weighted by atomic mass is 16.5. The Hall–Kier alpha value is -2.08. The van der Waals surface area contributed by atoms with Crippen LogP contribution in [0.3, 0.4) is 0 Å². The van der Waals surface area contributed by atoms with Crippen LogP contribution in [0.2, 0.25) is 0 Å². The molecule has 0 aliphatic heterocycles. The molecule has 0 saturated heterocycles. The fourth-order valence-corrected chi connectivity index (χ4v) is 1.69. The number of urea groups is 1. The average molecular weight is 293 g/mol. The van der Waals surface area contributed by atoms with E-state index in [-0.39, 0.29) is 11.9 Å². The van der Waals surface area contributed by atoms with Gasteiger partial charge in [-0.1, -0.05) is 18.2 Å². The largest absolute Gasteiger partial charge is 0.494 e. The number of para-hydroxylation sites is 1. The number of rotatable bonds is 7. The van der Waals surface area contributed by atoms with Gasteiger partial charge in [0.05, 0.1) is 12.6 Å². The second-order valence-corrected chi connectivity index (χ2v) is 4.74. The van der Waals surface area contributed by atoms with Gasteiger partial charge < -0.3 is 10.1 Å². The summed E-state index contributed by atoms with van der Waals surface area (Å²) in [6, 6.07) is 8.73. The van der Waals surface area contributed by atoms with Crippen molar-refractivity contribution in [2.75, 3.05) is 27.2 Å². The Labute approximate surface area is 125 Å². The molecular formula is C15H23N3O3. The fraction of sp³-hybridized carbons (Fsp3) is 0.467. The van der Waals surface area contributed by atoms with Crippen molar-refractivity contribution < 1.29 is 14.3 Å². The van der Waals surface area contributed by atoms with E-state index in [1.165, 1.54) is 7.05 Å². The predicted octanol–water partition coefficient (Wildman–Crippen LogP) is 1.23. The minimum absolute atomic E-state index is 0.319. The van der Waals surface area contributed by atoms with Crippen molar-refractivity contribution in [3.05, 3.63) is 30.3 Å². The molecule has 0 heterocycles. The number of hydrogen-bond donors (Lipinski definition) is 2. The maximum absolute atomic E-state index is 11.8. The van der Waals surface area contributed by atoms with Crippen LogP contribution in [0.5, 0.6) is 5.75 Å². The molecule has 6 nitrogen and oxygen atoms in total. The first kappa shape index (κ1) is 17.0. The third-order valence-electron chi connectivity index (χ3n) is 3.17. The molecule has 0 aromatic heterocycles. The van der Waals surface area contributed by atoms with E-state index in [2.05, 4.69) is 10.6 Å². The zero-order valence-corrected chi connectivity index (χ0v) is 12.8. The number of amides is 3. The molecule has 2 N–H and O–H groups in total. The SMILES string of the molecule is CNC(=O)NC(=O)[C@@H](C)N(C)CCCOc1ccccc1. The molecule has 0 unspecified atom stereocenters. The maximum atomic E-state index is 11.8. The molecule has 6 heteroatoms. The summed E-state index contributed by atoms with van der Waals surface area (Å²) in [7, 11) is 3.31. The molecule has 21 heavy (non-hydrogen) atoms. The Balaban J connectivity index is 2.24. The van der Waals surface area contributed by atoms with Crippen LogP contribution in [-0.2, 0) is 4.79 Å². The predicted molar refractivity (Wildman–Crippen MR) is 81.2 cm³/mol. The summed E-state index contributed by atoms with van der Waals surface area (Å²) in [5, 5.41) is 4.62. The molecule has 0 radical (unpaired) electrons. The average Bonchev–Trinajstić information content (AvgIpc) is 2.51. The topological polar surface area (TPSA) is 70.7 Å². The van der Waals surface area contributed by atoms with E-state index in [4.69, 9.17) is 4.74 Å². The molecule has 0 bridgehead atoms. The summed E-state index contributed by atoms with van der Waals surface area (Å²) in [5.41, 5.74) is 0. The third kappa shape index (κ3) is 6.27. The number of nitrogens with one attached hydrogen (secondary N) is 2. The monoisotopic (exact) mass is 293 g/mol. The molecule has 0 saturated carbocycles. The van der Waals surface area contributed by atoms with Crippen LogP contribution < -0.4 is 15.4 Å². The summed E-state index contributed by atoms with van der Waals surface area (Å²) in [4.78, 5) is 24.7. The van der Waals surface area contributed by atoms with Gasteiger partial charge in [-0.3, -0.25) is 15.0 Å². The van der Waals surface area contributed by atoms with Gasteiger partial charge in [-0.2, -0.15) is 0 Å². The maximum Gasteiger partial charge on any atom is 0.321 e. The van der Waals surface area contributed by atoms with Gasteiger partial charge >= 0.3 is 6.03 Å². The number of carbonyl (C=O) groups is 2. The van der Waals surface area contributed by atoms with Crippen molar-refractivity contribution in [3.8, 4) is 5.75 Å². The minimum Gasteiger partial charge on any atom is -0.494 e. The molecule has 1 aromatic carbocycles. The normalized spacial score (nSPS) is 11.8. The van der Waals surface area contributed by atoms with Crippen LogP contribution in [0.15, 0.2) is 30.3 Å². The van der Waals surface area contributed by atoms with Gasteiger partial charge in [-0.15, -0.1) is 0 Å². The number of likely N-dealkylation sites (N-methyl/N-ethyl adjacent to an activating group) is 1. The van der Waals surface area contributed by atoms with E-state index in [1.54, 1.807) is 6.92 Å². The summed E-state index contributed by atoms with van der Waals surface area (Å²) < 4.78 is 5.59. The van der Waals surface area contributed by atoms with E-state index >= 15 is 0 Å². The highest BCUT2D eigenvalue weighted by Gasteiger charge is 2.19. The van der Waals surface area contributed by atoms with Crippen molar-refractivity contribution in [2.45, 2.75) is 19.4 Å². The summed E-state index contributed by atoms with van der Waals surface area (Å²) >= 11 is 0. The van der Waals surface area contributed by atoms with Gasteiger partial charge in [0.2, 0.25) is 5.91 Å². The third-order valence-corrected chi connectivity index (χ3v) is 3.17. The zero-order chi connectivity index (χ0) is 15.7. The van der Waals surface area contributed by atoms with E-state index in [9.17, 15) is 9.59 Å². The molecule has 1 atom stereocenters. The van der Waals surface area contributed by atoms with Crippen molar-refractivity contribution >= 4 is 11.9 Å². The van der Waals surface area contributed by atoms with Gasteiger partial charge in [0.1, 0.15) is 5.75 Å². The van der Waals surface area contributed by atoms with Gasteiger partial charge in [0.15, 0.2) is 0 Å². The fourth-order valence-electron chi connectivity index (χ4n) is 1.69. The van der Waals surface area contributed by atoms with Crippen molar-refractivity contribution in [2.24, 2.45) is 0 Å². The molecule has 1 rings (SSSR count). The molecular weight excluding hydrogens is 270 g/mol. The van der Waals surface area contributed by atoms with E-state index < -0.39 is 6.03 Å². The highest BCUT2D eigenvalue weighted by molar-refractivity contribution is 5.96. The van der Waals surface area contributed by atoms with Crippen LogP contribution in [-0.4, -0.2) is 50.1 Å². The lowest BCUT2D eigenvalue weighted by molar-refractivity contribution is -0.124. The first-order valence-corrected chi connectivity index (χ1v) is 6.95. The number of hydrogen-bond acceptors (Lipinski definition) is 4. The van der Waals surface area contributed by atoms with Crippen LogP contribution in [0.25, 0.3) is 0 Å². The van der Waals surface area contributed by atoms with Crippen LogP contribution in [0.4, 0.5) is 4.79 Å². The lowest BCUT2D eigenvalue weighted by Gasteiger charge is -2.23. The van der Waals surface area contributed by atoms with E-state index in [0.717, 1.165) is 12.2 Å². The number of benzene rings is 1. The quantitative estimate of drug-likeness (QED) is 0.742. The number of nitrogens with zero attached hydrogens (tertiary/aromatic N) is 1. The molecule has 0 aliphatic rings. The summed E-state index contributed by atoms with van der Waals surface area (Å²) in [5.74, 6) is 0.520. The molecule has 116 valence electrons. The van der Waals surface area contributed by atoms with Gasteiger partial charge in [-0.25, -0.2) is 4.79 Å². The smallest absolute Gasteiger partial charge is 0.321 e. The minimum atomic E-state index is -0.493. The Bertz CT molecular complexity index is 451. The second-order valence-electron chi connectivity index (χ2n) is 4.74. The molecule has 1 aromatic rings. The Morgan fingerprint density at radius 1 is 1.29 bits per heavy atom. The molecule has 0 fully saturated rings. The van der Waals surface area contributed by atoms with Crippen LogP contribution >= 0.6 is 0 Å². The Kier molecular flexibility index (Phi) is 7.25. The van der Waals surface area contributed by atoms with Gasteiger partial charge in [-0.05, 0) is 32.5 Å². The Morgan fingerprint density at radius 2 is 1.95 bits per heavy atom. The van der Waals surface area contributed by atoms with Crippen LogP contribution in [0.1, 0.15) is 13.3 Å². The number of imide groups is 1. The van der Waals surface area contributed by atoms with Crippen LogP contribution in [0, 0.1) is 0 Å². The zero-order valence-electron chi connectivity index (χ0n) is 12.8. The molecule has 3 amide bonds.